The van der Waals surface area contributed by atoms with Crippen molar-refractivity contribution in [1.29, 1.82) is 0 Å². The fraction of sp³-hybridized carbons (Fsp3) is 0.562. The number of nitrogens with zero attached hydrogens (tertiary/aromatic N) is 1. The number of rotatable bonds is 6. The molecule has 0 aliphatic rings. The van der Waals surface area contributed by atoms with Crippen LogP contribution in [0.2, 0.25) is 0 Å². The quantitative estimate of drug-likeness (QED) is 0.867. The van der Waals surface area contributed by atoms with Gasteiger partial charge in [0.05, 0.1) is 13.2 Å². The highest BCUT2D eigenvalue weighted by Gasteiger charge is 2.14. The SMILES string of the molecule is CCCN(C)C(=O)NC(C)c1ccc(OC)c(CC)c1. The molecule has 112 valence electrons. The summed E-state index contributed by atoms with van der Waals surface area (Å²) in [7, 11) is 3.50. The summed E-state index contributed by atoms with van der Waals surface area (Å²) in [5.41, 5.74) is 2.26. The Morgan fingerprint density at radius 1 is 1.40 bits per heavy atom. The molecule has 0 bridgehead atoms. The zero-order valence-corrected chi connectivity index (χ0v) is 13.2. The third-order valence-corrected chi connectivity index (χ3v) is 3.43. The van der Waals surface area contributed by atoms with E-state index in [1.54, 1.807) is 12.0 Å². The molecule has 0 saturated carbocycles. The Balaban J connectivity index is 2.77. The van der Waals surface area contributed by atoms with Gasteiger partial charge in [0, 0.05) is 13.6 Å². The standard InChI is InChI=1S/C16H26N2O2/c1-6-10-18(4)16(19)17-12(3)14-8-9-15(20-5)13(7-2)11-14/h8-9,11-12H,6-7,10H2,1-5H3,(H,17,19). The molecular weight excluding hydrogens is 252 g/mol. The second kappa shape index (κ2) is 7.78. The first-order chi connectivity index (χ1) is 9.53. The first-order valence-electron chi connectivity index (χ1n) is 7.21. The second-order valence-corrected chi connectivity index (χ2v) is 5.02. The van der Waals surface area contributed by atoms with Crippen LogP contribution in [0, 0.1) is 0 Å². The van der Waals surface area contributed by atoms with Crippen molar-refractivity contribution in [3.63, 3.8) is 0 Å². The third-order valence-electron chi connectivity index (χ3n) is 3.43. The van der Waals surface area contributed by atoms with E-state index in [-0.39, 0.29) is 12.1 Å². The highest BCUT2D eigenvalue weighted by molar-refractivity contribution is 5.74. The summed E-state index contributed by atoms with van der Waals surface area (Å²) in [6, 6.07) is 6.02. The fourth-order valence-corrected chi connectivity index (χ4v) is 2.16. The van der Waals surface area contributed by atoms with Gasteiger partial charge in [-0.05, 0) is 37.0 Å². The molecule has 0 fully saturated rings. The minimum Gasteiger partial charge on any atom is -0.496 e. The number of benzene rings is 1. The highest BCUT2D eigenvalue weighted by atomic mass is 16.5. The Morgan fingerprint density at radius 2 is 2.10 bits per heavy atom. The number of aryl methyl sites for hydroxylation is 1. The number of ether oxygens (including phenoxy) is 1. The van der Waals surface area contributed by atoms with Gasteiger partial charge < -0.3 is 15.0 Å². The van der Waals surface area contributed by atoms with Gasteiger partial charge in [-0.1, -0.05) is 26.0 Å². The van der Waals surface area contributed by atoms with Crippen molar-refractivity contribution >= 4 is 6.03 Å². The van der Waals surface area contributed by atoms with Crippen molar-refractivity contribution in [2.45, 2.75) is 39.7 Å². The lowest BCUT2D eigenvalue weighted by Gasteiger charge is -2.21. The molecule has 0 aliphatic carbocycles. The summed E-state index contributed by atoms with van der Waals surface area (Å²) in [5.74, 6) is 0.901. The molecule has 0 saturated heterocycles. The number of carbonyl (C=O) groups excluding carboxylic acids is 1. The van der Waals surface area contributed by atoms with E-state index in [9.17, 15) is 4.79 Å². The minimum atomic E-state index is -0.0341. The Labute approximate surface area is 122 Å². The first kappa shape index (κ1) is 16.3. The van der Waals surface area contributed by atoms with Crippen LogP contribution in [0.1, 0.15) is 44.4 Å². The number of urea groups is 1. The van der Waals surface area contributed by atoms with Crippen LogP contribution in [0.15, 0.2) is 18.2 Å². The number of methoxy groups -OCH3 is 1. The van der Waals surface area contributed by atoms with Gasteiger partial charge in [-0.2, -0.15) is 0 Å². The van der Waals surface area contributed by atoms with Gasteiger partial charge in [0.2, 0.25) is 0 Å². The van der Waals surface area contributed by atoms with Gasteiger partial charge in [-0.15, -0.1) is 0 Å². The zero-order valence-electron chi connectivity index (χ0n) is 13.2. The maximum absolute atomic E-state index is 12.0. The molecule has 0 aliphatic heterocycles. The van der Waals surface area contributed by atoms with Crippen molar-refractivity contribution in [2.24, 2.45) is 0 Å². The number of hydrogen-bond acceptors (Lipinski definition) is 2. The van der Waals surface area contributed by atoms with Crippen LogP contribution in [0.3, 0.4) is 0 Å². The van der Waals surface area contributed by atoms with E-state index in [0.29, 0.717) is 0 Å². The first-order valence-corrected chi connectivity index (χ1v) is 7.21. The topological polar surface area (TPSA) is 41.6 Å². The van der Waals surface area contributed by atoms with Gasteiger partial charge >= 0.3 is 6.03 Å². The van der Waals surface area contributed by atoms with Crippen LogP contribution in [0.4, 0.5) is 4.79 Å². The number of nitrogens with one attached hydrogen (secondary N) is 1. The van der Waals surface area contributed by atoms with Crippen LogP contribution in [-0.4, -0.2) is 31.6 Å². The Kier molecular flexibility index (Phi) is 6.36. The van der Waals surface area contributed by atoms with Crippen LogP contribution in [-0.2, 0) is 6.42 Å². The van der Waals surface area contributed by atoms with Crippen LogP contribution in [0.25, 0.3) is 0 Å². The molecule has 1 atom stereocenters. The largest absolute Gasteiger partial charge is 0.496 e. The lowest BCUT2D eigenvalue weighted by atomic mass is 10.0. The van der Waals surface area contributed by atoms with Gasteiger partial charge in [0.1, 0.15) is 5.75 Å². The van der Waals surface area contributed by atoms with Crippen LogP contribution in [0.5, 0.6) is 5.75 Å². The highest BCUT2D eigenvalue weighted by Crippen LogP contribution is 2.23. The van der Waals surface area contributed by atoms with E-state index >= 15 is 0 Å². The third kappa shape index (κ3) is 4.15. The molecular formula is C16H26N2O2. The van der Waals surface area contributed by atoms with E-state index in [4.69, 9.17) is 4.74 Å². The average molecular weight is 278 g/mol. The molecule has 1 aromatic carbocycles. The predicted octanol–water partition coefficient (Wildman–Crippen LogP) is 3.37. The van der Waals surface area contributed by atoms with E-state index in [1.807, 2.05) is 26.1 Å². The lowest BCUT2D eigenvalue weighted by Crippen LogP contribution is -2.38. The molecule has 4 heteroatoms. The number of carbonyl (C=O) groups is 1. The summed E-state index contributed by atoms with van der Waals surface area (Å²) in [6.07, 6.45) is 1.87. The molecule has 20 heavy (non-hydrogen) atoms. The Morgan fingerprint density at radius 3 is 2.65 bits per heavy atom. The molecule has 1 N–H and O–H groups in total. The van der Waals surface area contributed by atoms with Crippen LogP contribution >= 0.6 is 0 Å². The normalized spacial score (nSPS) is 11.8. The molecule has 0 spiro atoms. The van der Waals surface area contributed by atoms with E-state index < -0.39 is 0 Å². The molecule has 1 rings (SSSR count). The summed E-state index contributed by atoms with van der Waals surface area (Å²) >= 11 is 0. The summed E-state index contributed by atoms with van der Waals surface area (Å²) in [5, 5.41) is 3.02. The monoisotopic (exact) mass is 278 g/mol. The van der Waals surface area contributed by atoms with Crippen LogP contribution < -0.4 is 10.1 Å². The molecule has 0 aromatic heterocycles. The van der Waals surface area contributed by atoms with Crippen molar-refractivity contribution in [3.05, 3.63) is 29.3 Å². The van der Waals surface area contributed by atoms with Gasteiger partial charge in [0.25, 0.3) is 0 Å². The predicted molar refractivity (Wildman–Crippen MR) is 82.2 cm³/mol. The zero-order chi connectivity index (χ0) is 15.1. The fourth-order valence-electron chi connectivity index (χ4n) is 2.16. The summed E-state index contributed by atoms with van der Waals surface area (Å²) < 4.78 is 5.33. The van der Waals surface area contributed by atoms with Gasteiger partial charge in [0.15, 0.2) is 0 Å². The summed E-state index contributed by atoms with van der Waals surface area (Å²) in [6.45, 7) is 6.92. The smallest absolute Gasteiger partial charge is 0.317 e. The van der Waals surface area contributed by atoms with E-state index in [0.717, 1.165) is 36.3 Å². The van der Waals surface area contributed by atoms with E-state index in [1.165, 1.54) is 0 Å². The number of amides is 2. The number of hydrogen-bond donors (Lipinski definition) is 1. The molecule has 1 unspecified atom stereocenters. The second-order valence-electron chi connectivity index (χ2n) is 5.02. The molecule has 0 radical (unpaired) electrons. The average Bonchev–Trinajstić information content (AvgIpc) is 2.46. The molecule has 2 amide bonds. The lowest BCUT2D eigenvalue weighted by molar-refractivity contribution is 0.205. The maximum atomic E-state index is 12.0. The van der Waals surface area contributed by atoms with Crippen molar-refractivity contribution in [3.8, 4) is 5.75 Å². The molecule has 4 nitrogen and oxygen atoms in total. The Bertz CT molecular complexity index is 446. The summed E-state index contributed by atoms with van der Waals surface area (Å²) in [4.78, 5) is 13.7. The maximum Gasteiger partial charge on any atom is 0.317 e. The van der Waals surface area contributed by atoms with Crippen molar-refractivity contribution in [1.82, 2.24) is 10.2 Å². The van der Waals surface area contributed by atoms with Crippen molar-refractivity contribution in [2.75, 3.05) is 20.7 Å². The van der Waals surface area contributed by atoms with Crippen molar-refractivity contribution < 1.29 is 9.53 Å². The minimum absolute atomic E-state index is 0.0157. The molecule has 1 aromatic rings. The van der Waals surface area contributed by atoms with Gasteiger partial charge in [-0.25, -0.2) is 4.79 Å². The Hall–Kier alpha value is -1.71. The van der Waals surface area contributed by atoms with Gasteiger partial charge in [-0.3, -0.25) is 0 Å². The molecule has 0 heterocycles. The van der Waals surface area contributed by atoms with E-state index in [2.05, 4.69) is 25.2 Å².